The van der Waals surface area contributed by atoms with Crippen LogP contribution < -0.4 is 10.4 Å². The van der Waals surface area contributed by atoms with E-state index in [4.69, 9.17) is 9.15 Å². The van der Waals surface area contributed by atoms with Crippen molar-refractivity contribution in [2.45, 2.75) is 64.7 Å². The Morgan fingerprint density at radius 1 is 1.29 bits per heavy atom. The van der Waals surface area contributed by atoms with E-state index in [0.29, 0.717) is 11.7 Å². The maximum Gasteiger partial charge on any atom is 0.339 e. The van der Waals surface area contributed by atoms with Crippen LogP contribution in [0.5, 0.6) is 5.75 Å². The van der Waals surface area contributed by atoms with Gasteiger partial charge in [-0.25, -0.2) is 4.79 Å². The SMILES string of the molecule is C=C1CCCC2C1(C)CCC1(C)c3c(OC)cc(=O)oc3CC21C. The van der Waals surface area contributed by atoms with E-state index in [-0.39, 0.29) is 21.9 Å². The second-order valence-corrected chi connectivity index (χ2v) is 8.82. The maximum absolute atomic E-state index is 12.0. The molecule has 3 nitrogen and oxygen atoms in total. The highest BCUT2D eigenvalue weighted by Crippen LogP contribution is 2.70. The van der Waals surface area contributed by atoms with Gasteiger partial charge in [-0.2, -0.15) is 0 Å². The summed E-state index contributed by atoms with van der Waals surface area (Å²) in [5, 5.41) is 0. The third-order valence-electron chi connectivity index (χ3n) is 8.02. The van der Waals surface area contributed by atoms with Gasteiger partial charge in [-0.3, -0.25) is 0 Å². The summed E-state index contributed by atoms with van der Waals surface area (Å²) >= 11 is 0. The first-order chi connectivity index (χ1) is 11.3. The molecule has 24 heavy (non-hydrogen) atoms. The Labute approximate surface area is 144 Å². The van der Waals surface area contributed by atoms with E-state index in [9.17, 15) is 4.79 Å². The Bertz CT molecular complexity index is 776. The Morgan fingerprint density at radius 2 is 2.04 bits per heavy atom. The number of hydrogen-bond acceptors (Lipinski definition) is 3. The lowest BCUT2D eigenvalue weighted by atomic mass is 9.43. The van der Waals surface area contributed by atoms with Crippen molar-refractivity contribution < 1.29 is 9.15 Å². The highest BCUT2D eigenvalue weighted by Gasteiger charge is 2.65. The summed E-state index contributed by atoms with van der Waals surface area (Å²) in [5.74, 6) is 2.14. The monoisotopic (exact) mass is 328 g/mol. The average molecular weight is 328 g/mol. The van der Waals surface area contributed by atoms with E-state index in [0.717, 1.165) is 37.0 Å². The van der Waals surface area contributed by atoms with Gasteiger partial charge in [0.05, 0.1) is 13.2 Å². The molecular formula is C21H28O3. The van der Waals surface area contributed by atoms with Crippen LogP contribution in [0, 0.1) is 16.7 Å². The molecule has 0 spiro atoms. The lowest BCUT2D eigenvalue weighted by Gasteiger charge is -2.61. The lowest BCUT2D eigenvalue weighted by Crippen LogP contribution is -2.56. The van der Waals surface area contributed by atoms with Gasteiger partial charge in [0.2, 0.25) is 0 Å². The van der Waals surface area contributed by atoms with Crippen LogP contribution in [0.1, 0.15) is 64.2 Å². The van der Waals surface area contributed by atoms with Crippen LogP contribution in [0.4, 0.5) is 0 Å². The van der Waals surface area contributed by atoms with E-state index in [2.05, 4.69) is 27.4 Å². The maximum atomic E-state index is 12.0. The molecule has 2 fully saturated rings. The van der Waals surface area contributed by atoms with E-state index in [1.54, 1.807) is 7.11 Å². The molecule has 130 valence electrons. The van der Waals surface area contributed by atoms with Gasteiger partial charge in [0, 0.05) is 17.4 Å². The first-order valence-electron chi connectivity index (χ1n) is 9.16. The fraction of sp³-hybridized carbons (Fsp3) is 0.667. The normalized spacial score (nSPS) is 40.7. The van der Waals surface area contributed by atoms with E-state index >= 15 is 0 Å². The van der Waals surface area contributed by atoms with Gasteiger partial charge < -0.3 is 9.15 Å². The summed E-state index contributed by atoms with van der Waals surface area (Å²) < 4.78 is 11.3. The third-order valence-corrected chi connectivity index (χ3v) is 8.02. The van der Waals surface area contributed by atoms with Crippen LogP contribution in [-0.2, 0) is 11.8 Å². The second-order valence-electron chi connectivity index (χ2n) is 8.82. The van der Waals surface area contributed by atoms with Crippen molar-refractivity contribution in [3.8, 4) is 5.75 Å². The van der Waals surface area contributed by atoms with Crippen LogP contribution in [0.15, 0.2) is 27.4 Å². The summed E-state index contributed by atoms with van der Waals surface area (Å²) in [4.78, 5) is 12.0. The van der Waals surface area contributed by atoms with Crippen molar-refractivity contribution in [3.63, 3.8) is 0 Å². The van der Waals surface area contributed by atoms with E-state index in [1.807, 2.05) is 0 Å². The quantitative estimate of drug-likeness (QED) is 0.706. The molecule has 0 bridgehead atoms. The van der Waals surface area contributed by atoms with Gasteiger partial charge in [0.25, 0.3) is 0 Å². The van der Waals surface area contributed by atoms with Gasteiger partial charge >= 0.3 is 5.63 Å². The molecule has 4 rings (SSSR count). The van der Waals surface area contributed by atoms with Gasteiger partial charge in [-0.05, 0) is 48.9 Å². The highest BCUT2D eigenvalue weighted by atomic mass is 16.5. The first kappa shape index (κ1) is 16.0. The summed E-state index contributed by atoms with van der Waals surface area (Å²) in [5.41, 5.74) is 2.55. The molecule has 1 aromatic rings. The largest absolute Gasteiger partial charge is 0.496 e. The zero-order valence-corrected chi connectivity index (χ0v) is 15.3. The first-order valence-corrected chi connectivity index (χ1v) is 9.16. The molecule has 3 aliphatic carbocycles. The van der Waals surface area contributed by atoms with E-state index in [1.165, 1.54) is 24.5 Å². The molecule has 0 amide bonds. The molecule has 3 heteroatoms. The van der Waals surface area contributed by atoms with Crippen molar-refractivity contribution >= 4 is 0 Å². The summed E-state index contributed by atoms with van der Waals surface area (Å²) in [6.07, 6.45) is 6.70. The predicted octanol–water partition coefficient (Wildman–Crippen LogP) is 4.62. The minimum Gasteiger partial charge on any atom is -0.496 e. The number of ether oxygens (including phenoxy) is 1. The molecule has 1 heterocycles. The fourth-order valence-electron chi connectivity index (χ4n) is 6.37. The van der Waals surface area contributed by atoms with Crippen LogP contribution in [0.2, 0.25) is 0 Å². The van der Waals surface area contributed by atoms with Crippen LogP contribution in [0.3, 0.4) is 0 Å². The Kier molecular flexibility index (Phi) is 3.18. The molecule has 0 N–H and O–H groups in total. The molecule has 0 radical (unpaired) electrons. The summed E-state index contributed by atoms with van der Waals surface area (Å²) in [6.45, 7) is 11.6. The molecule has 2 saturated carbocycles. The molecule has 1 aromatic heterocycles. The summed E-state index contributed by atoms with van der Waals surface area (Å²) in [6, 6.07) is 1.52. The van der Waals surface area contributed by atoms with Gasteiger partial charge in [0.1, 0.15) is 11.5 Å². The Hall–Kier alpha value is -1.51. The molecule has 3 aliphatic rings. The van der Waals surface area contributed by atoms with Gasteiger partial charge in [-0.15, -0.1) is 0 Å². The third kappa shape index (κ3) is 1.71. The number of methoxy groups -OCH3 is 1. The highest BCUT2D eigenvalue weighted by molar-refractivity contribution is 5.49. The molecule has 0 aromatic carbocycles. The Balaban J connectivity index is 1.92. The minimum absolute atomic E-state index is 0.00727. The zero-order valence-electron chi connectivity index (χ0n) is 15.3. The van der Waals surface area contributed by atoms with Crippen LogP contribution >= 0.6 is 0 Å². The predicted molar refractivity (Wildman–Crippen MR) is 94.5 cm³/mol. The van der Waals surface area contributed by atoms with Crippen molar-refractivity contribution in [3.05, 3.63) is 40.0 Å². The molecule has 0 saturated heterocycles. The molecule has 4 unspecified atom stereocenters. The molecular weight excluding hydrogens is 300 g/mol. The fourth-order valence-corrected chi connectivity index (χ4v) is 6.37. The average Bonchev–Trinajstić information content (AvgIpc) is 2.76. The van der Waals surface area contributed by atoms with Gasteiger partial charge in [-0.1, -0.05) is 32.9 Å². The number of allylic oxidation sites excluding steroid dienone is 1. The van der Waals surface area contributed by atoms with Crippen molar-refractivity contribution in [1.29, 1.82) is 0 Å². The summed E-state index contributed by atoms with van der Waals surface area (Å²) in [7, 11) is 1.66. The lowest BCUT2D eigenvalue weighted by molar-refractivity contribution is -0.0594. The zero-order chi connectivity index (χ0) is 17.3. The second kappa shape index (κ2) is 4.77. The standard InChI is InChI=1S/C21H28O3/c1-13-7-6-8-16-19(13,2)9-10-20(3)18-14(23-5)11-17(22)24-15(18)12-21(16,20)4/h11,16H,1,6-10,12H2,2-5H3. The molecule has 4 atom stereocenters. The topological polar surface area (TPSA) is 39.4 Å². The van der Waals surface area contributed by atoms with E-state index < -0.39 is 0 Å². The van der Waals surface area contributed by atoms with Gasteiger partial charge in [0.15, 0.2) is 0 Å². The number of rotatable bonds is 1. The molecule has 0 aliphatic heterocycles. The van der Waals surface area contributed by atoms with Crippen molar-refractivity contribution in [1.82, 2.24) is 0 Å². The smallest absolute Gasteiger partial charge is 0.339 e. The number of hydrogen-bond donors (Lipinski definition) is 0. The Morgan fingerprint density at radius 3 is 2.75 bits per heavy atom. The van der Waals surface area contributed by atoms with Crippen molar-refractivity contribution in [2.75, 3.05) is 7.11 Å². The van der Waals surface area contributed by atoms with Crippen LogP contribution in [-0.4, -0.2) is 7.11 Å². The van der Waals surface area contributed by atoms with Crippen molar-refractivity contribution in [2.24, 2.45) is 16.7 Å². The minimum atomic E-state index is -0.299. The number of fused-ring (bicyclic) bond motifs is 5. The van der Waals surface area contributed by atoms with Crippen LogP contribution in [0.25, 0.3) is 0 Å².